The maximum absolute atomic E-state index is 13.9. The second-order valence-electron chi connectivity index (χ2n) is 6.39. The number of aromatic nitrogens is 3. The molecule has 27 heavy (non-hydrogen) atoms. The zero-order valence-corrected chi connectivity index (χ0v) is 14.2. The van der Waals surface area contributed by atoms with Crippen LogP contribution in [0.25, 0.3) is 11.9 Å². The van der Waals surface area contributed by atoms with E-state index in [1.54, 1.807) is 29.1 Å². The van der Waals surface area contributed by atoms with Crippen LogP contribution >= 0.6 is 0 Å². The molecule has 1 aliphatic rings. The summed E-state index contributed by atoms with van der Waals surface area (Å²) < 4.78 is 43.3. The largest absolute Gasteiger partial charge is 0.425 e. The second kappa shape index (κ2) is 6.35. The highest BCUT2D eigenvalue weighted by molar-refractivity contribution is 5.62. The van der Waals surface area contributed by atoms with Crippen molar-refractivity contribution in [2.45, 2.75) is 24.6 Å². The van der Waals surface area contributed by atoms with Crippen molar-refractivity contribution < 1.29 is 18.3 Å². The lowest BCUT2D eigenvalue weighted by atomic mass is 9.79. The summed E-state index contributed by atoms with van der Waals surface area (Å²) >= 11 is 0. The van der Waals surface area contributed by atoms with Crippen molar-refractivity contribution >= 4 is 6.08 Å². The first kappa shape index (κ1) is 17.5. The Morgan fingerprint density at radius 2 is 1.70 bits per heavy atom. The number of hydrogen-bond donors (Lipinski definition) is 1. The molecule has 0 saturated heterocycles. The lowest BCUT2D eigenvalue weighted by Gasteiger charge is -2.35. The average molecular weight is 371 g/mol. The zero-order chi connectivity index (χ0) is 19.1. The van der Waals surface area contributed by atoms with Crippen LogP contribution in [0.4, 0.5) is 13.2 Å². The summed E-state index contributed by atoms with van der Waals surface area (Å²) in [5.41, 5.74) is -1.98. The van der Waals surface area contributed by atoms with Gasteiger partial charge in [0.05, 0.1) is 11.9 Å². The van der Waals surface area contributed by atoms with Gasteiger partial charge in [0.15, 0.2) is 5.82 Å². The Morgan fingerprint density at radius 1 is 0.963 bits per heavy atom. The van der Waals surface area contributed by atoms with Gasteiger partial charge >= 0.3 is 6.18 Å². The van der Waals surface area contributed by atoms with Gasteiger partial charge in [0.2, 0.25) is 5.60 Å². The van der Waals surface area contributed by atoms with E-state index < -0.39 is 11.8 Å². The topological polar surface area (TPSA) is 50.9 Å². The molecule has 0 fully saturated rings. The standard InChI is InChI=1S/C20H16F3N3O/c21-20(22,23)19(27,15-6-2-1-3-7-15)16-9-10-17-14(12-16)13-25-26(17)18-8-4-5-11-24-18/h1-8,11-13,27H,9-10H2. The van der Waals surface area contributed by atoms with Crippen molar-refractivity contribution in [1.82, 2.24) is 14.8 Å². The Balaban J connectivity index is 1.81. The van der Waals surface area contributed by atoms with E-state index in [1.807, 2.05) is 6.07 Å². The SMILES string of the molecule is OC(C1=Cc2cnn(-c3ccccn3)c2CC1)(c1ccccc1)C(F)(F)F. The van der Waals surface area contributed by atoms with Gasteiger partial charge < -0.3 is 5.11 Å². The number of alkyl halides is 3. The molecular formula is C20H16F3N3O. The van der Waals surface area contributed by atoms with E-state index in [0.29, 0.717) is 17.8 Å². The highest BCUT2D eigenvalue weighted by Gasteiger charge is 2.57. The van der Waals surface area contributed by atoms with Crippen molar-refractivity contribution in [2.75, 3.05) is 0 Å². The average Bonchev–Trinajstić information content (AvgIpc) is 3.11. The fourth-order valence-corrected chi connectivity index (χ4v) is 3.44. The van der Waals surface area contributed by atoms with Gasteiger partial charge in [-0.15, -0.1) is 0 Å². The first-order valence-corrected chi connectivity index (χ1v) is 8.45. The van der Waals surface area contributed by atoms with Crippen LogP contribution in [-0.4, -0.2) is 26.0 Å². The molecule has 1 N–H and O–H groups in total. The number of benzene rings is 1. The van der Waals surface area contributed by atoms with Crippen LogP contribution in [0.5, 0.6) is 0 Å². The van der Waals surface area contributed by atoms with Crippen LogP contribution in [-0.2, 0) is 12.0 Å². The molecule has 0 radical (unpaired) electrons. The highest BCUT2D eigenvalue weighted by Crippen LogP contribution is 2.47. The minimum absolute atomic E-state index is 0.0659. The Hall–Kier alpha value is -2.93. The molecule has 4 nitrogen and oxygen atoms in total. The number of halogens is 3. The summed E-state index contributed by atoms with van der Waals surface area (Å²) in [6.07, 6.45) is 0.0795. The molecule has 0 bridgehead atoms. The van der Waals surface area contributed by atoms with E-state index in [9.17, 15) is 18.3 Å². The van der Waals surface area contributed by atoms with Gasteiger partial charge in [-0.3, -0.25) is 0 Å². The predicted molar refractivity (Wildman–Crippen MR) is 94.1 cm³/mol. The third-order valence-corrected chi connectivity index (χ3v) is 4.79. The van der Waals surface area contributed by atoms with Gasteiger partial charge in [0.1, 0.15) is 0 Å². The van der Waals surface area contributed by atoms with Crippen LogP contribution in [0.3, 0.4) is 0 Å². The van der Waals surface area contributed by atoms with Crippen LogP contribution in [0.15, 0.2) is 66.5 Å². The summed E-state index contributed by atoms with van der Waals surface area (Å²) in [5.74, 6) is 0.602. The van der Waals surface area contributed by atoms with Gasteiger partial charge in [0.25, 0.3) is 0 Å². The van der Waals surface area contributed by atoms with Crippen molar-refractivity contribution in [3.8, 4) is 5.82 Å². The number of hydrogen-bond acceptors (Lipinski definition) is 3. The summed E-state index contributed by atoms with van der Waals surface area (Å²) in [5, 5.41) is 15.0. The molecule has 1 atom stereocenters. The molecule has 0 amide bonds. The monoisotopic (exact) mass is 371 g/mol. The number of nitrogens with zero attached hydrogens (tertiary/aromatic N) is 3. The quantitative estimate of drug-likeness (QED) is 0.756. The minimum Gasteiger partial charge on any atom is -0.372 e. The van der Waals surface area contributed by atoms with E-state index in [-0.39, 0.29) is 17.6 Å². The highest BCUT2D eigenvalue weighted by atomic mass is 19.4. The number of rotatable bonds is 3. The fraction of sp³-hybridized carbons (Fsp3) is 0.200. The van der Waals surface area contributed by atoms with Crippen LogP contribution in [0.1, 0.15) is 23.2 Å². The Kier molecular flexibility index (Phi) is 4.11. The van der Waals surface area contributed by atoms with Crippen molar-refractivity contribution in [1.29, 1.82) is 0 Å². The maximum Gasteiger partial charge on any atom is 0.425 e. The molecule has 1 aromatic carbocycles. The maximum atomic E-state index is 13.9. The van der Waals surface area contributed by atoms with Crippen molar-refractivity contribution in [2.24, 2.45) is 0 Å². The summed E-state index contributed by atoms with van der Waals surface area (Å²) in [4.78, 5) is 4.23. The Morgan fingerprint density at radius 3 is 2.37 bits per heavy atom. The number of pyridine rings is 1. The molecule has 138 valence electrons. The van der Waals surface area contributed by atoms with E-state index in [4.69, 9.17) is 0 Å². The second-order valence-corrected chi connectivity index (χ2v) is 6.39. The first-order chi connectivity index (χ1) is 12.9. The summed E-state index contributed by atoms with van der Waals surface area (Å²) in [6.45, 7) is 0. The summed E-state index contributed by atoms with van der Waals surface area (Å²) in [7, 11) is 0. The first-order valence-electron chi connectivity index (χ1n) is 8.45. The normalized spacial score (nSPS) is 16.4. The zero-order valence-electron chi connectivity index (χ0n) is 14.2. The molecule has 4 rings (SSSR count). The molecule has 2 aromatic heterocycles. The predicted octanol–water partition coefficient (Wildman–Crippen LogP) is 4.05. The molecular weight excluding hydrogens is 355 g/mol. The molecule has 0 aliphatic heterocycles. The van der Waals surface area contributed by atoms with Gasteiger partial charge in [-0.25, -0.2) is 9.67 Å². The lowest BCUT2D eigenvalue weighted by Crippen LogP contribution is -2.44. The van der Waals surface area contributed by atoms with Crippen LogP contribution in [0, 0.1) is 0 Å². The molecule has 0 saturated carbocycles. The van der Waals surface area contributed by atoms with Gasteiger partial charge in [-0.1, -0.05) is 36.4 Å². The van der Waals surface area contributed by atoms with E-state index >= 15 is 0 Å². The van der Waals surface area contributed by atoms with Crippen molar-refractivity contribution in [3.05, 3.63) is 83.3 Å². The summed E-state index contributed by atoms with van der Waals surface area (Å²) in [6, 6.07) is 12.5. The molecule has 0 spiro atoms. The lowest BCUT2D eigenvalue weighted by molar-refractivity contribution is -0.250. The van der Waals surface area contributed by atoms with Crippen molar-refractivity contribution in [3.63, 3.8) is 0 Å². The van der Waals surface area contributed by atoms with Gasteiger partial charge in [-0.2, -0.15) is 18.3 Å². The minimum atomic E-state index is -4.84. The van der Waals surface area contributed by atoms with Crippen LogP contribution in [0.2, 0.25) is 0 Å². The molecule has 1 aliphatic carbocycles. The smallest absolute Gasteiger partial charge is 0.372 e. The van der Waals surface area contributed by atoms with Crippen LogP contribution < -0.4 is 0 Å². The Labute approximate surface area is 153 Å². The van der Waals surface area contributed by atoms with Gasteiger partial charge in [-0.05, 0) is 42.2 Å². The molecule has 7 heteroatoms. The third kappa shape index (κ3) is 2.84. The fourth-order valence-electron chi connectivity index (χ4n) is 3.44. The number of fused-ring (bicyclic) bond motifs is 1. The molecule has 3 aromatic rings. The van der Waals surface area contributed by atoms with E-state index in [2.05, 4.69) is 10.1 Å². The number of aliphatic hydroxyl groups is 1. The van der Waals surface area contributed by atoms with Gasteiger partial charge in [0, 0.05) is 11.8 Å². The van der Waals surface area contributed by atoms with E-state index in [1.165, 1.54) is 36.5 Å². The third-order valence-electron chi connectivity index (χ3n) is 4.79. The Bertz CT molecular complexity index is 981. The molecule has 2 heterocycles. The van der Waals surface area contributed by atoms with E-state index in [0.717, 1.165) is 5.69 Å². The molecule has 1 unspecified atom stereocenters.